The Hall–Kier alpha value is -2.86. The Morgan fingerprint density at radius 3 is 2.44 bits per heavy atom. The summed E-state index contributed by atoms with van der Waals surface area (Å²) in [5.74, 6) is -0.411. The van der Waals surface area contributed by atoms with Crippen LogP contribution in [0.3, 0.4) is 0 Å². The van der Waals surface area contributed by atoms with E-state index in [4.69, 9.17) is 9.15 Å². The molecule has 0 bridgehead atoms. The van der Waals surface area contributed by atoms with Crippen LogP contribution in [0, 0.1) is 13.8 Å². The Labute approximate surface area is 158 Å². The second-order valence-corrected chi connectivity index (χ2v) is 6.65. The number of aryl methyl sites for hydroxylation is 2. The molecule has 2 heterocycles. The highest BCUT2D eigenvalue weighted by Crippen LogP contribution is 2.40. The minimum Gasteiger partial charge on any atom is -0.507 e. The van der Waals surface area contributed by atoms with Crippen molar-refractivity contribution < 1.29 is 23.8 Å². The molecule has 0 radical (unpaired) electrons. The first kappa shape index (κ1) is 18.9. The molecule has 1 aromatic carbocycles. The first-order valence-electron chi connectivity index (χ1n) is 8.84. The lowest BCUT2D eigenvalue weighted by molar-refractivity contribution is -0.140. The second kappa shape index (κ2) is 7.80. The number of furan rings is 1. The van der Waals surface area contributed by atoms with Gasteiger partial charge in [-0.25, -0.2) is 0 Å². The van der Waals surface area contributed by atoms with Gasteiger partial charge in [-0.05, 0) is 32.4 Å². The number of carbonyl (C=O) groups is 2. The maximum Gasteiger partial charge on any atom is 0.295 e. The van der Waals surface area contributed by atoms with E-state index in [9.17, 15) is 14.7 Å². The number of nitrogens with zero attached hydrogens (tertiary/aromatic N) is 1. The van der Waals surface area contributed by atoms with Gasteiger partial charge in [0.05, 0.1) is 5.57 Å². The van der Waals surface area contributed by atoms with Crippen LogP contribution in [0.15, 0.2) is 46.4 Å². The zero-order chi connectivity index (χ0) is 19.6. The van der Waals surface area contributed by atoms with Gasteiger partial charge in [-0.3, -0.25) is 9.59 Å². The van der Waals surface area contributed by atoms with Crippen molar-refractivity contribution in [3.8, 4) is 0 Å². The number of benzene rings is 1. The van der Waals surface area contributed by atoms with Crippen molar-refractivity contribution >= 4 is 17.4 Å². The predicted molar refractivity (Wildman–Crippen MR) is 100 cm³/mol. The number of amides is 1. The van der Waals surface area contributed by atoms with E-state index >= 15 is 0 Å². The highest BCUT2D eigenvalue weighted by Gasteiger charge is 2.47. The normalized spacial score (nSPS) is 19.1. The first-order valence-corrected chi connectivity index (χ1v) is 8.84. The summed E-state index contributed by atoms with van der Waals surface area (Å²) >= 11 is 0. The van der Waals surface area contributed by atoms with Gasteiger partial charge < -0.3 is 19.2 Å². The molecule has 1 unspecified atom stereocenters. The lowest BCUT2D eigenvalue weighted by atomic mass is 9.99. The van der Waals surface area contributed by atoms with Crippen LogP contribution in [0.1, 0.15) is 35.1 Å². The van der Waals surface area contributed by atoms with Gasteiger partial charge in [0.2, 0.25) is 0 Å². The Balaban J connectivity index is 2.09. The smallest absolute Gasteiger partial charge is 0.295 e. The number of ketones is 1. The van der Waals surface area contributed by atoms with Crippen LogP contribution in [-0.4, -0.2) is 42.0 Å². The quantitative estimate of drug-likeness (QED) is 0.366. The molecule has 0 saturated carbocycles. The summed E-state index contributed by atoms with van der Waals surface area (Å²) in [6.07, 6.45) is 0.574. The molecule has 6 nitrogen and oxygen atoms in total. The number of aliphatic hydroxyl groups is 1. The molecule has 0 aliphatic carbocycles. The molecule has 1 atom stereocenters. The van der Waals surface area contributed by atoms with Crippen LogP contribution in [-0.2, 0) is 14.3 Å². The Kier molecular flexibility index (Phi) is 5.46. The van der Waals surface area contributed by atoms with E-state index in [1.165, 1.54) is 4.90 Å². The topological polar surface area (TPSA) is 80.0 Å². The zero-order valence-electron chi connectivity index (χ0n) is 15.7. The maximum absolute atomic E-state index is 12.7. The van der Waals surface area contributed by atoms with Gasteiger partial charge in [0.25, 0.3) is 11.7 Å². The van der Waals surface area contributed by atoms with E-state index in [2.05, 4.69) is 0 Å². The number of methoxy groups -OCH3 is 1. The predicted octanol–water partition coefficient (Wildman–Crippen LogP) is 3.35. The fourth-order valence-electron chi connectivity index (χ4n) is 3.25. The van der Waals surface area contributed by atoms with Gasteiger partial charge in [0.15, 0.2) is 0 Å². The summed E-state index contributed by atoms with van der Waals surface area (Å²) in [6.45, 7) is 4.52. The number of rotatable bonds is 6. The number of Topliss-reactive ketones (excluding diaryl/α,β-unsaturated/α-hetero) is 1. The standard InChI is InChI=1S/C21H23NO5/c1-13-5-8-15(9-6-13)19(23)17-18(16-10-7-14(2)27-16)22(11-4-12-26-3)21(25)20(17)24/h5-10,18,23H,4,11-12H2,1-3H3/b19-17-. The molecule has 1 saturated heterocycles. The second-order valence-electron chi connectivity index (χ2n) is 6.65. The largest absolute Gasteiger partial charge is 0.507 e. The molecule has 1 aliphatic rings. The summed E-state index contributed by atoms with van der Waals surface area (Å²) in [6, 6.07) is 9.90. The number of aliphatic hydroxyl groups excluding tert-OH is 1. The molecule has 1 amide bonds. The van der Waals surface area contributed by atoms with Crippen LogP contribution >= 0.6 is 0 Å². The minimum absolute atomic E-state index is 0.0515. The molecule has 1 aliphatic heterocycles. The minimum atomic E-state index is -0.753. The zero-order valence-corrected chi connectivity index (χ0v) is 15.7. The van der Waals surface area contributed by atoms with E-state index < -0.39 is 17.7 Å². The Bertz CT molecular complexity index is 878. The summed E-state index contributed by atoms with van der Waals surface area (Å²) in [4.78, 5) is 26.8. The van der Waals surface area contributed by atoms with Crippen LogP contribution < -0.4 is 0 Å². The van der Waals surface area contributed by atoms with Gasteiger partial charge in [-0.15, -0.1) is 0 Å². The van der Waals surface area contributed by atoms with Crippen molar-refractivity contribution in [2.45, 2.75) is 26.3 Å². The number of likely N-dealkylation sites (tertiary alicyclic amines) is 1. The molecule has 27 heavy (non-hydrogen) atoms. The average Bonchev–Trinajstić information content (AvgIpc) is 3.18. The third kappa shape index (κ3) is 3.66. The fraction of sp³-hybridized carbons (Fsp3) is 0.333. The van der Waals surface area contributed by atoms with Crippen LogP contribution in [0.2, 0.25) is 0 Å². The average molecular weight is 369 g/mol. The Morgan fingerprint density at radius 2 is 1.85 bits per heavy atom. The van der Waals surface area contributed by atoms with Gasteiger partial charge in [0, 0.05) is 25.8 Å². The molecule has 1 fully saturated rings. The summed E-state index contributed by atoms with van der Waals surface area (Å²) in [5, 5.41) is 10.8. The lowest BCUT2D eigenvalue weighted by Gasteiger charge is -2.23. The van der Waals surface area contributed by atoms with E-state index in [1.807, 2.05) is 19.1 Å². The third-order valence-corrected chi connectivity index (χ3v) is 4.64. The maximum atomic E-state index is 12.7. The van der Waals surface area contributed by atoms with Crippen molar-refractivity contribution in [2.24, 2.45) is 0 Å². The van der Waals surface area contributed by atoms with Crippen LogP contribution in [0.5, 0.6) is 0 Å². The molecule has 3 rings (SSSR count). The highest BCUT2D eigenvalue weighted by atomic mass is 16.5. The van der Waals surface area contributed by atoms with Gasteiger partial charge in [0.1, 0.15) is 23.3 Å². The molecule has 2 aromatic rings. The molecular weight excluding hydrogens is 346 g/mol. The van der Waals surface area contributed by atoms with Crippen molar-refractivity contribution in [3.63, 3.8) is 0 Å². The Morgan fingerprint density at radius 1 is 1.15 bits per heavy atom. The molecule has 0 spiro atoms. The van der Waals surface area contributed by atoms with Crippen molar-refractivity contribution in [3.05, 3.63) is 64.6 Å². The molecule has 142 valence electrons. The summed E-state index contributed by atoms with van der Waals surface area (Å²) in [7, 11) is 1.58. The van der Waals surface area contributed by atoms with Crippen molar-refractivity contribution in [2.75, 3.05) is 20.3 Å². The molecule has 1 N–H and O–H groups in total. The van der Waals surface area contributed by atoms with Crippen LogP contribution in [0.25, 0.3) is 5.76 Å². The van der Waals surface area contributed by atoms with Gasteiger partial charge in [-0.2, -0.15) is 0 Å². The molecule has 1 aromatic heterocycles. The van der Waals surface area contributed by atoms with Crippen LogP contribution in [0.4, 0.5) is 0 Å². The molecular formula is C21H23NO5. The lowest BCUT2D eigenvalue weighted by Crippen LogP contribution is -2.31. The van der Waals surface area contributed by atoms with E-state index in [1.54, 1.807) is 38.3 Å². The van der Waals surface area contributed by atoms with Crippen molar-refractivity contribution in [1.82, 2.24) is 4.90 Å². The molecule has 6 heteroatoms. The first-order chi connectivity index (χ1) is 12.9. The number of carbonyl (C=O) groups excluding carboxylic acids is 2. The van der Waals surface area contributed by atoms with E-state index in [0.29, 0.717) is 36.7 Å². The van der Waals surface area contributed by atoms with E-state index in [-0.39, 0.29) is 11.3 Å². The monoisotopic (exact) mass is 369 g/mol. The summed E-state index contributed by atoms with van der Waals surface area (Å²) < 4.78 is 10.8. The third-order valence-electron chi connectivity index (χ3n) is 4.64. The number of hydrogen-bond donors (Lipinski definition) is 1. The van der Waals surface area contributed by atoms with Gasteiger partial charge >= 0.3 is 0 Å². The SMILES string of the molecule is COCCCN1C(=O)C(=O)/C(=C(\O)c2ccc(C)cc2)C1c1ccc(C)o1. The number of hydrogen-bond acceptors (Lipinski definition) is 5. The van der Waals surface area contributed by atoms with Gasteiger partial charge in [-0.1, -0.05) is 29.8 Å². The number of ether oxygens (including phenoxy) is 1. The highest BCUT2D eigenvalue weighted by molar-refractivity contribution is 6.46. The summed E-state index contributed by atoms with van der Waals surface area (Å²) in [5.41, 5.74) is 1.57. The van der Waals surface area contributed by atoms with Crippen molar-refractivity contribution in [1.29, 1.82) is 0 Å². The fourth-order valence-corrected chi connectivity index (χ4v) is 3.25. The van der Waals surface area contributed by atoms with E-state index in [0.717, 1.165) is 5.56 Å².